The third-order valence-electron chi connectivity index (χ3n) is 4.15. The van der Waals surface area contributed by atoms with E-state index >= 15 is 0 Å². The van der Waals surface area contributed by atoms with Crippen LogP contribution in [0.15, 0.2) is 36.4 Å². The number of phenolic OH excluding ortho intramolecular Hbond substituents is 1. The number of benzene rings is 2. The minimum atomic E-state index is -0.487. The second-order valence-corrected chi connectivity index (χ2v) is 6.33. The van der Waals surface area contributed by atoms with Gasteiger partial charge in [-0.05, 0) is 49.7 Å². The normalized spacial score (nSPS) is 16.4. The maximum absolute atomic E-state index is 13.0. The highest BCUT2D eigenvalue weighted by atomic mass is 35.5. The molecule has 0 aromatic heterocycles. The van der Waals surface area contributed by atoms with Crippen LogP contribution in [-0.4, -0.2) is 29.1 Å². The number of aromatic hydroxyl groups is 1. The molecule has 0 radical (unpaired) electrons. The predicted molar refractivity (Wildman–Crippen MR) is 98.4 cm³/mol. The number of hydrogen-bond acceptors (Lipinski definition) is 4. The van der Waals surface area contributed by atoms with Crippen molar-refractivity contribution in [3.8, 4) is 11.5 Å². The summed E-state index contributed by atoms with van der Waals surface area (Å²) >= 11 is 6.08. The number of phenols is 1. The molecule has 1 atom stereocenters. The van der Waals surface area contributed by atoms with Crippen molar-refractivity contribution in [2.75, 3.05) is 18.5 Å². The number of ether oxygens (including phenoxy) is 1. The van der Waals surface area contributed by atoms with Gasteiger partial charge in [-0.1, -0.05) is 18.5 Å². The molecule has 2 N–H and O–H groups in total. The molecular formula is C19H21ClN2O3. The lowest BCUT2D eigenvalue weighted by atomic mass is 10.0. The molecule has 25 heavy (non-hydrogen) atoms. The van der Waals surface area contributed by atoms with Gasteiger partial charge in [0, 0.05) is 17.1 Å². The molecule has 0 spiro atoms. The van der Waals surface area contributed by atoms with Gasteiger partial charge in [0.1, 0.15) is 17.7 Å². The Labute approximate surface area is 152 Å². The van der Waals surface area contributed by atoms with Crippen molar-refractivity contribution >= 4 is 23.2 Å². The maximum atomic E-state index is 13.0. The molecule has 3 rings (SSSR count). The van der Waals surface area contributed by atoms with E-state index in [1.165, 1.54) is 0 Å². The summed E-state index contributed by atoms with van der Waals surface area (Å²) in [4.78, 5) is 14.7. The van der Waals surface area contributed by atoms with E-state index in [0.717, 1.165) is 6.42 Å². The van der Waals surface area contributed by atoms with E-state index in [0.29, 0.717) is 40.7 Å². The summed E-state index contributed by atoms with van der Waals surface area (Å²) < 4.78 is 5.54. The monoisotopic (exact) mass is 360 g/mol. The molecule has 2 aromatic rings. The van der Waals surface area contributed by atoms with Crippen LogP contribution < -0.4 is 10.1 Å². The summed E-state index contributed by atoms with van der Waals surface area (Å²) in [7, 11) is 0. The number of fused-ring (bicyclic) bond motifs is 1. The molecule has 1 aliphatic rings. The Hall–Kier alpha value is -2.40. The second kappa shape index (κ2) is 7.23. The standard InChI is InChI=1S/C19H21ClN2O3/c1-3-9-22-18(15-11-13(25-4-2)6-8-17(15)23)21-16-10-12(20)5-7-14(16)19(22)24/h5-8,10-11,18,21,23H,3-4,9H2,1-2H3. The first-order chi connectivity index (χ1) is 12.0. The minimum absolute atomic E-state index is 0.0847. The van der Waals surface area contributed by atoms with Gasteiger partial charge in [0.05, 0.1) is 17.9 Å². The van der Waals surface area contributed by atoms with E-state index in [4.69, 9.17) is 16.3 Å². The number of nitrogens with one attached hydrogen (secondary N) is 1. The SMILES string of the molecule is CCCN1C(=O)c2ccc(Cl)cc2NC1c1cc(OCC)ccc1O. The van der Waals surface area contributed by atoms with Crippen LogP contribution in [-0.2, 0) is 0 Å². The van der Waals surface area contributed by atoms with Crippen LogP contribution in [0.1, 0.15) is 42.4 Å². The Kier molecular flexibility index (Phi) is 5.04. The average molecular weight is 361 g/mol. The van der Waals surface area contributed by atoms with Gasteiger partial charge in [-0.2, -0.15) is 0 Å². The van der Waals surface area contributed by atoms with Crippen LogP contribution in [0.4, 0.5) is 5.69 Å². The van der Waals surface area contributed by atoms with Gasteiger partial charge in [0.25, 0.3) is 5.91 Å². The molecule has 1 unspecified atom stereocenters. The fourth-order valence-electron chi connectivity index (χ4n) is 3.04. The summed E-state index contributed by atoms with van der Waals surface area (Å²) in [5.41, 5.74) is 1.84. The molecule has 1 amide bonds. The first kappa shape index (κ1) is 17.4. The van der Waals surface area contributed by atoms with Crippen molar-refractivity contribution in [1.29, 1.82) is 0 Å². The van der Waals surface area contributed by atoms with Gasteiger partial charge in [0.2, 0.25) is 0 Å². The summed E-state index contributed by atoms with van der Waals surface area (Å²) in [5, 5.41) is 14.3. The minimum Gasteiger partial charge on any atom is -0.508 e. The molecule has 0 bridgehead atoms. The van der Waals surface area contributed by atoms with Gasteiger partial charge in [0.15, 0.2) is 0 Å². The van der Waals surface area contributed by atoms with Gasteiger partial charge < -0.3 is 20.1 Å². The molecule has 5 nitrogen and oxygen atoms in total. The predicted octanol–water partition coefficient (Wildman–Crippen LogP) is 4.42. The van der Waals surface area contributed by atoms with E-state index < -0.39 is 6.17 Å². The lowest BCUT2D eigenvalue weighted by Crippen LogP contribution is -2.43. The Bertz CT molecular complexity index is 794. The largest absolute Gasteiger partial charge is 0.508 e. The van der Waals surface area contributed by atoms with E-state index in [1.54, 1.807) is 41.3 Å². The van der Waals surface area contributed by atoms with Crippen molar-refractivity contribution in [3.05, 3.63) is 52.5 Å². The lowest BCUT2D eigenvalue weighted by Gasteiger charge is -2.38. The first-order valence-corrected chi connectivity index (χ1v) is 8.75. The number of carbonyl (C=O) groups is 1. The van der Waals surface area contributed by atoms with E-state index in [2.05, 4.69) is 5.32 Å². The van der Waals surface area contributed by atoms with E-state index in [-0.39, 0.29) is 11.7 Å². The molecule has 0 fully saturated rings. The van der Waals surface area contributed by atoms with Crippen molar-refractivity contribution < 1.29 is 14.6 Å². The Morgan fingerprint density at radius 1 is 1.24 bits per heavy atom. The van der Waals surface area contributed by atoms with Crippen LogP contribution >= 0.6 is 11.6 Å². The molecule has 0 saturated carbocycles. The molecule has 0 saturated heterocycles. The van der Waals surface area contributed by atoms with Crippen LogP contribution in [0.2, 0.25) is 5.02 Å². The quantitative estimate of drug-likeness (QED) is 0.828. The second-order valence-electron chi connectivity index (χ2n) is 5.89. The smallest absolute Gasteiger partial charge is 0.257 e. The highest BCUT2D eigenvalue weighted by Crippen LogP contribution is 2.38. The number of carbonyl (C=O) groups excluding carboxylic acids is 1. The molecule has 132 valence electrons. The Morgan fingerprint density at radius 3 is 2.76 bits per heavy atom. The Balaban J connectivity index is 2.07. The highest BCUT2D eigenvalue weighted by Gasteiger charge is 2.34. The van der Waals surface area contributed by atoms with Crippen LogP contribution in [0.5, 0.6) is 11.5 Å². The van der Waals surface area contributed by atoms with E-state index in [9.17, 15) is 9.90 Å². The summed E-state index contributed by atoms with van der Waals surface area (Å²) in [5.74, 6) is 0.678. The summed E-state index contributed by atoms with van der Waals surface area (Å²) in [6.07, 6.45) is 0.317. The molecule has 2 aromatic carbocycles. The van der Waals surface area contributed by atoms with Crippen molar-refractivity contribution in [2.45, 2.75) is 26.4 Å². The topological polar surface area (TPSA) is 61.8 Å². The number of anilines is 1. The fourth-order valence-corrected chi connectivity index (χ4v) is 3.22. The van der Waals surface area contributed by atoms with Crippen molar-refractivity contribution in [3.63, 3.8) is 0 Å². The third kappa shape index (κ3) is 3.37. The van der Waals surface area contributed by atoms with Gasteiger partial charge in [-0.3, -0.25) is 4.79 Å². The lowest BCUT2D eigenvalue weighted by molar-refractivity contribution is 0.0681. The summed E-state index contributed by atoms with van der Waals surface area (Å²) in [6, 6.07) is 10.2. The molecule has 0 aliphatic carbocycles. The number of rotatable bonds is 5. The fraction of sp³-hybridized carbons (Fsp3) is 0.316. The molecule has 6 heteroatoms. The number of amides is 1. The molecule has 1 heterocycles. The van der Waals surface area contributed by atoms with Crippen LogP contribution in [0.3, 0.4) is 0 Å². The zero-order chi connectivity index (χ0) is 18.0. The highest BCUT2D eigenvalue weighted by molar-refractivity contribution is 6.31. The van der Waals surface area contributed by atoms with Crippen LogP contribution in [0.25, 0.3) is 0 Å². The average Bonchev–Trinajstić information content (AvgIpc) is 2.59. The maximum Gasteiger partial charge on any atom is 0.257 e. The van der Waals surface area contributed by atoms with E-state index in [1.807, 2.05) is 13.8 Å². The number of nitrogens with zero attached hydrogens (tertiary/aromatic N) is 1. The van der Waals surface area contributed by atoms with Gasteiger partial charge in [-0.25, -0.2) is 0 Å². The van der Waals surface area contributed by atoms with Gasteiger partial charge >= 0.3 is 0 Å². The first-order valence-electron chi connectivity index (χ1n) is 8.38. The molecule has 1 aliphatic heterocycles. The van der Waals surface area contributed by atoms with Crippen LogP contribution in [0, 0.1) is 0 Å². The number of hydrogen-bond donors (Lipinski definition) is 2. The van der Waals surface area contributed by atoms with Crippen molar-refractivity contribution in [1.82, 2.24) is 4.90 Å². The van der Waals surface area contributed by atoms with Crippen molar-refractivity contribution in [2.24, 2.45) is 0 Å². The summed E-state index contributed by atoms with van der Waals surface area (Å²) in [6.45, 7) is 5.00. The molecular weight excluding hydrogens is 340 g/mol. The number of halogens is 1. The Morgan fingerprint density at radius 2 is 2.04 bits per heavy atom. The zero-order valence-corrected chi connectivity index (χ0v) is 15.0. The van der Waals surface area contributed by atoms with Gasteiger partial charge in [-0.15, -0.1) is 0 Å². The third-order valence-corrected chi connectivity index (χ3v) is 4.38. The zero-order valence-electron chi connectivity index (χ0n) is 14.3.